The molecule has 0 aromatic heterocycles. The van der Waals surface area contributed by atoms with Crippen LogP contribution in [0.25, 0.3) is 0 Å². The number of hydrogen-bond acceptors (Lipinski definition) is 6. The number of carboxylic acids is 2. The topological polar surface area (TPSA) is 101 Å². The summed E-state index contributed by atoms with van der Waals surface area (Å²) in [5, 5.41) is 18.8. The average Bonchev–Trinajstić information content (AvgIpc) is 2.67. The molecule has 0 N–H and O–H groups in total. The van der Waals surface area contributed by atoms with Crippen LogP contribution in [0.1, 0.15) is 49.0 Å². The van der Waals surface area contributed by atoms with Crippen molar-refractivity contribution in [1.82, 2.24) is 4.90 Å². The second-order valence-electron chi connectivity index (χ2n) is 6.65. The highest BCUT2D eigenvalue weighted by Crippen LogP contribution is 2.15. The summed E-state index contributed by atoms with van der Waals surface area (Å²) in [6, 6.07) is 8.10. The van der Waals surface area contributed by atoms with Crippen molar-refractivity contribution >= 4 is 17.7 Å². The van der Waals surface area contributed by atoms with Crippen LogP contribution in [0, 0.1) is 5.92 Å². The Morgan fingerprint density at radius 2 is 1.52 bits per heavy atom. The lowest BCUT2D eigenvalue weighted by atomic mass is 9.97. The molecule has 6 heteroatoms. The summed E-state index contributed by atoms with van der Waals surface area (Å²) in [7, 11) is 0. The molecule has 6 nitrogen and oxygen atoms in total. The van der Waals surface area contributed by atoms with Gasteiger partial charge in [0.2, 0.25) is 0 Å². The molecule has 1 aromatic rings. The van der Waals surface area contributed by atoms with Gasteiger partial charge in [-0.05, 0) is 50.1 Å². The minimum absolute atomic E-state index is 0.102. The smallest absolute Gasteiger partial charge is 0.166 e. The fourth-order valence-corrected chi connectivity index (χ4v) is 2.94. The maximum absolute atomic E-state index is 12.4. The molecule has 1 saturated heterocycles. The summed E-state index contributed by atoms with van der Waals surface area (Å²) in [6.45, 7) is 7.42. The van der Waals surface area contributed by atoms with Gasteiger partial charge in [0.25, 0.3) is 0 Å². The molecule has 1 aliphatic rings. The Balaban J connectivity index is 0.000000387. The van der Waals surface area contributed by atoms with Crippen molar-refractivity contribution < 1.29 is 24.6 Å². The Labute approximate surface area is 160 Å². The van der Waals surface area contributed by atoms with Crippen LogP contribution in [0.15, 0.2) is 36.4 Å². The molecule has 1 atom stereocenters. The first-order chi connectivity index (χ1) is 12.8. The van der Waals surface area contributed by atoms with Crippen LogP contribution in [-0.4, -0.2) is 42.3 Å². The molecule has 0 spiro atoms. The number of aliphatic carboxylic acids is 2. The lowest BCUT2D eigenvalue weighted by molar-refractivity contribution is -0.301. The first-order valence-corrected chi connectivity index (χ1v) is 9.29. The second kappa shape index (κ2) is 12.0. The number of carbonyl (C=O) groups is 3. The Bertz CT molecular complexity index is 629. The van der Waals surface area contributed by atoms with Crippen LogP contribution >= 0.6 is 0 Å². The first-order valence-electron chi connectivity index (χ1n) is 9.29. The summed E-state index contributed by atoms with van der Waals surface area (Å²) in [5.74, 6) is -2.71. The van der Waals surface area contributed by atoms with E-state index >= 15 is 0 Å². The van der Waals surface area contributed by atoms with Gasteiger partial charge in [-0.3, -0.25) is 4.79 Å². The van der Waals surface area contributed by atoms with E-state index in [0.717, 1.165) is 31.6 Å². The number of nitrogens with zero attached hydrogens (tertiary/aromatic N) is 1. The molecular weight excluding hydrogens is 346 g/mol. The molecule has 1 fully saturated rings. The third kappa shape index (κ3) is 9.15. The van der Waals surface area contributed by atoms with E-state index in [1.165, 1.54) is 24.8 Å². The van der Waals surface area contributed by atoms with E-state index in [1.807, 2.05) is 12.1 Å². The predicted molar refractivity (Wildman–Crippen MR) is 98.8 cm³/mol. The summed E-state index contributed by atoms with van der Waals surface area (Å²) >= 11 is 0. The van der Waals surface area contributed by atoms with Crippen molar-refractivity contribution in [2.75, 3.05) is 19.6 Å². The van der Waals surface area contributed by atoms with Crippen LogP contribution in [0.2, 0.25) is 0 Å². The number of carboxylic acid groups (broad SMARTS) is 2. The molecule has 0 radical (unpaired) electrons. The van der Waals surface area contributed by atoms with Crippen molar-refractivity contribution in [2.24, 2.45) is 5.92 Å². The Hall–Kier alpha value is -2.47. The highest BCUT2D eigenvalue weighted by molar-refractivity contribution is 5.97. The molecule has 27 heavy (non-hydrogen) atoms. The quantitative estimate of drug-likeness (QED) is 0.512. The Kier molecular flexibility index (Phi) is 10.0. The summed E-state index contributed by atoms with van der Waals surface area (Å²) in [5.41, 5.74) is 2.15. The van der Waals surface area contributed by atoms with Crippen LogP contribution in [0.4, 0.5) is 0 Å². The van der Waals surface area contributed by atoms with Gasteiger partial charge in [-0.15, -0.1) is 0 Å². The minimum atomic E-state index is -1.55. The zero-order valence-electron chi connectivity index (χ0n) is 16.0. The molecular formula is C21H27NO5-2. The van der Waals surface area contributed by atoms with Gasteiger partial charge < -0.3 is 24.7 Å². The van der Waals surface area contributed by atoms with Gasteiger partial charge in [0.05, 0.1) is 11.9 Å². The van der Waals surface area contributed by atoms with Gasteiger partial charge in [0.1, 0.15) is 0 Å². The second-order valence-corrected chi connectivity index (χ2v) is 6.65. The summed E-state index contributed by atoms with van der Waals surface area (Å²) < 4.78 is 0. The minimum Gasteiger partial charge on any atom is -0.545 e. The lowest BCUT2D eigenvalue weighted by Gasteiger charge is -2.28. The maximum atomic E-state index is 12.4. The van der Waals surface area contributed by atoms with E-state index in [0.29, 0.717) is 12.2 Å². The van der Waals surface area contributed by atoms with Gasteiger partial charge in [-0.25, -0.2) is 0 Å². The number of rotatable bonds is 7. The van der Waals surface area contributed by atoms with Crippen molar-refractivity contribution in [2.45, 2.75) is 39.5 Å². The largest absolute Gasteiger partial charge is 0.545 e. The van der Waals surface area contributed by atoms with E-state index in [9.17, 15) is 24.6 Å². The number of Topliss-reactive ketones (excluding diaryl/α,β-unsaturated/α-hetero) is 1. The number of likely N-dealkylation sites (tertiary alicyclic amines) is 1. The molecule has 1 aromatic carbocycles. The fraction of sp³-hybridized carbons (Fsp3) is 0.476. The molecule has 0 bridgehead atoms. The molecule has 1 heterocycles. The van der Waals surface area contributed by atoms with Crippen molar-refractivity contribution in [3.05, 3.63) is 47.5 Å². The Morgan fingerprint density at radius 1 is 1.00 bits per heavy atom. The van der Waals surface area contributed by atoms with Gasteiger partial charge in [0.15, 0.2) is 5.78 Å². The Morgan fingerprint density at radius 3 is 1.96 bits per heavy atom. The summed E-state index contributed by atoms with van der Waals surface area (Å²) in [4.78, 5) is 33.7. The number of aryl methyl sites for hydroxylation is 1. The van der Waals surface area contributed by atoms with E-state index < -0.39 is 11.9 Å². The molecule has 2 rings (SSSR count). The van der Waals surface area contributed by atoms with E-state index in [4.69, 9.17) is 0 Å². The molecule has 0 amide bonds. The normalized spacial score (nSPS) is 15.6. The van der Waals surface area contributed by atoms with Crippen LogP contribution in [0.3, 0.4) is 0 Å². The standard InChI is InChI=1S/C17H25NO.C4H4O4/c1-3-15-7-9-16(10-8-15)17(19)14(2)13-18-11-5-4-6-12-18;5-3(6)1-2-4(7)8/h7-10,14H,3-6,11-13H2,1-2H3;1-2H,(H,5,6)(H,7,8)/p-2/b;2-1+. The van der Waals surface area contributed by atoms with Gasteiger partial charge >= 0.3 is 0 Å². The highest BCUT2D eigenvalue weighted by Gasteiger charge is 2.19. The monoisotopic (exact) mass is 373 g/mol. The molecule has 1 aliphatic heterocycles. The number of piperidine rings is 1. The maximum Gasteiger partial charge on any atom is 0.166 e. The van der Waals surface area contributed by atoms with Crippen molar-refractivity contribution in [3.8, 4) is 0 Å². The van der Waals surface area contributed by atoms with Crippen molar-refractivity contribution in [3.63, 3.8) is 0 Å². The number of benzene rings is 1. The SMILES string of the molecule is CCc1ccc(C(=O)C(C)CN2CCCCC2)cc1.O=C([O-])/C=C/C(=O)[O-]. The van der Waals surface area contributed by atoms with Crippen molar-refractivity contribution in [1.29, 1.82) is 0 Å². The van der Waals surface area contributed by atoms with Crippen LogP contribution < -0.4 is 10.2 Å². The summed E-state index contributed by atoms with van der Waals surface area (Å²) in [6.07, 6.45) is 5.71. The third-order valence-electron chi connectivity index (χ3n) is 4.43. The zero-order chi connectivity index (χ0) is 20.2. The molecule has 1 unspecified atom stereocenters. The highest BCUT2D eigenvalue weighted by atomic mass is 16.4. The predicted octanol–water partition coefficient (Wildman–Crippen LogP) is 0.596. The molecule has 148 valence electrons. The van der Waals surface area contributed by atoms with Gasteiger partial charge in [0, 0.05) is 18.0 Å². The van der Waals surface area contributed by atoms with E-state index in [-0.39, 0.29) is 11.7 Å². The van der Waals surface area contributed by atoms with E-state index in [1.54, 1.807) is 0 Å². The molecule has 0 saturated carbocycles. The van der Waals surface area contributed by atoms with Crippen LogP contribution in [-0.2, 0) is 16.0 Å². The number of hydrogen-bond donors (Lipinski definition) is 0. The zero-order valence-corrected chi connectivity index (χ0v) is 16.0. The third-order valence-corrected chi connectivity index (χ3v) is 4.43. The average molecular weight is 373 g/mol. The molecule has 0 aliphatic carbocycles. The lowest BCUT2D eigenvalue weighted by Crippen LogP contribution is -2.35. The van der Waals surface area contributed by atoms with Gasteiger partial charge in [-0.1, -0.05) is 44.5 Å². The first kappa shape index (κ1) is 22.6. The van der Waals surface area contributed by atoms with Crippen LogP contribution in [0.5, 0.6) is 0 Å². The van der Waals surface area contributed by atoms with E-state index in [2.05, 4.69) is 30.9 Å². The van der Waals surface area contributed by atoms with Gasteiger partial charge in [-0.2, -0.15) is 0 Å². The number of carbonyl (C=O) groups excluding carboxylic acids is 3. The number of ketones is 1. The fourth-order valence-electron chi connectivity index (χ4n) is 2.94.